The van der Waals surface area contributed by atoms with Crippen LogP contribution in [0, 0.1) is 5.82 Å². The predicted molar refractivity (Wildman–Crippen MR) is 150 cm³/mol. The van der Waals surface area contributed by atoms with Gasteiger partial charge >= 0.3 is 0 Å². The molecule has 3 aromatic rings. The summed E-state index contributed by atoms with van der Waals surface area (Å²) in [4.78, 5) is 29.2. The maximum atomic E-state index is 13.8. The fourth-order valence-corrected chi connectivity index (χ4v) is 5.68. The zero-order valence-electron chi connectivity index (χ0n) is 21.8. The Morgan fingerprint density at radius 2 is 1.68 bits per heavy atom. The number of methoxy groups -OCH3 is 1. The number of carbonyl (C=O) groups is 2. The minimum atomic E-state index is -0.650. The number of ether oxygens (including phenoxy) is 1. The van der Waals surface area contributed by atoms with E-state index in [1.54, 1.807) is 24.1 Å². The smallest absolute Gasteiger partial charge is 0.243 e. The molecule has 0 spiro atoms. The highest BCUT2D eigenvalue weighted by molar-refractivity contribution is 7.99. The number of halogens is 1. The minimum absolute atomic E-state index is 0.109. The van der Waals surface area contributed by atoms with E-state index < -0.39 is 6.04 Å². The van der Waals surface area contributed by atoms with Gasteiger partial charge in [-0.1, -0.05) is 67.4 Å². The van der Waals surface area contributed by atoms with Crippen molar-refractivity contribution < 1.29 is 18.7 Å². The van der Waals surface area contributed by atoms with Crippen molar-refractivity contribution in [3.63, 3.8) is 0 Å². The summed E-state index contributed by atoms with van der Waals surface area (Å²) in [5, 5.41) is 3.23. The van der Waals surface area contributed by atoms with Gasteiger partial charge in [-0.15, -0.1) is 11.8 Å². The van der Waals surface area contributed by atoms with Crippen LogP contribution in [-0.4, -0.2) is 41.7 Å². The van der Waals surface area contributed by atoms with Crippen LogP contribution >= 0.6 is 11.8 Å². The summed E-state index contributed by atoms with van der Waals surface area (Å²) in [5.41, 5.74) is 2.85. The molecule has 0 aliphatic heterocycles. The van der Waals surface area contributed by atoms with E-state index in [1.165, 1.54) is 23.9 Å². The number of hydrogen-bond donors (Lipinski definition) is 1. The van der Waals surface area contributed by atoms with E-state index in [-0.39, 0.29) is 29.4 Å². The Balaban J connectivity index is 1.57. The molecule has 0 bridgehead atoms. The highest BCUT2D eigenvalue weighted by Crippen LogP contribution is 2.22. The molecular formula is C31H35FN2O3S. The van der Waals surface area contributed by atoms with Crippen LogP contribution in [-0.2, 0) is 28.3 Å². The second-order valence-corrected chi connectivity index (χ2v) is 10.7. The number of hydrogen-bond acceptors (Lipinski definition) is 4. The lowest BCUT2D eigenvalue weighted by Crippen LogP contribution is -2.52. The van der Waals surface area contributed by atoms with Gasteiger partial charge in [-0.3, -0.25) is 9.59 Å². The molecule has 3 aromatic carbocycles. The Bertz CT molecular complexity index is 1180. The Labute approximate surface area is 228 Å². The van der Waals surface area contributed by atoms with E-state index >= 15 is 0 Å². The molecule has 1 atom stereocenters. The quantitative estimate of drug-likeness (QED) is 0.321. The number of nitrogens with one attached hydrogen (secondary N) is 1. The van der Waals surface area contributed by atoms with Gasteiger partial charge in [-0.2, -0.15) is 0 Å². The summed E-state index contributed by atoms with van der Waals surface area (Å²) >= 11 is 1.47. The maximum Gasteiger partial charge on any atom is 0.243 e. The van der Waals surface area contributed by atoms with Gasteiger partial charge in [0.2, 0.25) is 11.8 Å². The van der Waals surface area contributed by atoms with E-state index in [0.717, 1.165) is 42.4 Å². The van der Waals surface area contributed by atoms with Crippen molar-refractivity contribution in [3.05, 3.63) is 101 Å². The Morgan fingerprint density at radius 3 is 2.39 bits per heavy atom. The second kappa shape index (κ2) is 14.0. The van der Waals surface area contributed by atoms with Crippen molar-refractivity contribution in [2.45, 2.75) is 56.5 Å². The van der Waals surface area contributed by atoms with Crippen LogP contribution in [0.4, 0.5) is 4.39 Å². The summed E-state index contributed by atoms with van der Waals surface area (Å²) in [6.45, 7) is 0.294. The van der Waals surface area contributed by atoms with Crippen LogP contribution in [0.3, 0.4) is 0 Å². The van der Waals surface area contributed by atoms with Crippen LogP contribution in [0.5, 0.6) is 5.75 Å². The standard InChI is InChI=1S/C31H35FN2O3S/c1-37-28-13-7-10-25(18-28)20-34(30(35)22-38-21-24-14-16-26(32)17-15-24)29(19-23-8-3-2-4-9-23)31(36)33-27-11-5-6-12-27/h2-4,7-10,13-18,27,29H,5-6,11-12,19-22H2,1H3,(H,33,36)/t29-/m1/s1. The summed E-state index contributed by atoms with van der Waals surface area (Å²) in [5.74, 6) is 0.995. The summed E-state index contributed by atoms with van der Waals surface area (Å²) in [7, 11) is 1.61. The lowest BCUT2D eigenvalue weighted by Gasteiger charge is -2.32. The van der Waals surface area contributed by atoms with Gasteiger partial charge < -0.3 is 15.0 Å². The monoisotopic (exact) mass is 534 g/mol. The van der Waals surface area contributed by atoms with E-state index in [9.17, 15) is 14.0 Å². The van der Waals surface area contributed by atoms with Gasteiger partial charge in [0.25, 0.3) is 0 Å². The first-order valence-corrected chi connectivity index (χ1v) is 14.3. The van der Waals surface area contributed by atoms with E-state index in [0.29, 0.717) is 24.5 Å². The molecule has 200 valence electrons. The van der Waals surface area contributed by atoms with Crippen molar-refractivity contribution in [1.82, 2.24) is 10.2 Å². The maximum absolute atomic E-state index is 13.8. The van der Waals surface area contributed by atoms with E-state index in [1.807, 2.05) is 54.6 Å². The molecule has 2 amide bonds. The predicted octanol–water partition coefficient (Wildman–Crippen LogP) is 5.77. The molecule has 5 nitrogen and oxygen atoms in total. The van der Waals surface area contributed by atoms with Crippen molar-refractivity contribution in [2.75, 3.05) is 12.9 Å². The zero-order valence-corrected chi connectivity index (χ0v) is 22.6. The highest BCUT2D eigenvalue weighted by atomic mass is 32.2. The molecule has 0 heterocycles. The third-order valence-corrected chi connectivity index (χ3v) is 7.86. The fourth-order valence-electron chi connectivity index (χ4n) is 4.81. The molecule has 4 rings (SSSR count). The van der Waals surface area contributed by atoms with Crippen LogP contribution in [0.25, 0.3) is 0 Å². The largest absolute Gasteiger partial charge is 0.497 e. The number of nitrogens with zero attached hydrogens (tertiary/aromatic N) is 1. The highest BCUT2D eigenvalue weighted by Gasteiger charge is 2.32. The molecular weight excluding hydrogens is 499 g/mol. The molecule has 0 saturated heterocycles. The second-order valence-electron chi connectivity index (χ2n) is 9.69. The Morgan fingerprint density at radius 1 is 0.974 bits per heavy atom. The first kappa shape index (κ1) is 27.7. The molecule has 38 heavy (non-hydrogen) atoms. The van der Waals surface area contributed by atoms with Crippen LogP contribution in [0.1, 0.15) is 42.4 Å². The van der Waals surface area contributed by atoms with Gasteiger partial charge in [0.1, 0.15) is 17.6 Å². The number of thioether (sulfide) groups is 1. The van der Waals surface area contributed by atoms with Crippen LogP contribution in [0.15, 0.2) is 78.9 Å². The molecule has 1 aliphatic carbocycles. The van der Waals surface area contributed by atoms with Gasteiger partial charge in [0.05, 0.1) is 12.9 Å². The van der Waals surface area contributed by atoms with Crippen molar-refractivity contribution >= 4 is 23.6 Å². The average Bonchev–Trinajstić information content (AvgIpc) is 3.45. The molecule has 1 aliphatic rings. The number of rotatable bonds is 12. The molecule has 0 unspecified atom stereocenters. The first-order chi connectivity index (χ1) is 18.5. The lowest BCUT2D eigenvalue weighted by molar-refractivity contribution is -0.139. The SMILES string of the molecule is COc1cccc(CN(C(=O)CSCc2ccc(F)cc2)[C@H](Cc2ccccc2)C(=O)NC2CCCC2)c1. The van der Waals surface area contributed by atoms with Crippen molar-refractivity contribution in [2.24, 2.45) is 0 Å². The Hall–Kier alpha value is -3.32. The molecule has 0 aromatic heterocycles. The van der Waals surface area contributed by atoms with Crippen LogP contribution in [0.2, 0.25) is 0 Å². The molecule has 1 saturated carbocycles. The third-order valence-electron chi connectivity index (χ3n) is 6.87. The number of benzene rings is 3. The molecule has 0 radical (unpaired) electrons. The number of carbonyl (C=O) groups excluding carboxylic acids is 2. The summed E-state index contributed by atoms with van der Waals surface area (Å²) in [6, 6.07) is 23.3. The average molecular weight is 535 g/mol. The minimum Gasteiger partial charge on any atom is -0.497 e. The molecule has 1 N–H and O–H groups in total. The van der Waals surface area contributed by atoms with Crippen molar-refractivity contribution in [3.8, 4) is 5.75 Å². The molecule has 1 fully saturated rings. The topological polar surface area (TPSA) is 58.6 Å². The summed E-state index contributed by atoms with van der Waals surface area (Å²) < 4.78 is 18.7. The van der Waals surface area contributed by atoms with Crippen molar-refractivity contribution in [1.29, 1.82) is 0 Å². The zero-order chi connectivity index (χ0) is 26.7. The van der Waals surface area contributed by atoms with Gasteiger partial charge in [-0.25, -0.2) is 4.39 Å². The van der Waals surface area contributed by atoms with E-state index in [4.69, 9.17) is 4.74 Å². The summed E-state index contributed by atoms with van der Waals surface area (Å²) in [6.07, 6.45) is 4.60. The first-order valence-electron chi connectivity index (χ1n) is 13.1. The fraction of sp³-hybridized carbons (Fsp3) is 0.355. The third kappa shape index (κ3) is 8.09. The van der Waals surface area contributed by atoms with Gasteiger partial charge in [-0.05, 0) is 53.8 Å². The lowest BCUT2D eigenvalue weighted by atomic mass is 10.0. The normalized spacial score (nSPS) is 14.2. The number of amides is 2. The molecule has 7 heteroatoms. The van der Waals surface area contributed by atoms with Gasteiger partial charge in [0, 0.05) is 24.8 Å². The Kier molecular flexibility index (Phi) is 10.2. The van der Waals surface area contributed by atoms with Crippen LogP contribution < -0.4 is 10.1 Å². The van der Waals surface area contributed by atoms with Gasteiger partial charge in [0.15, 0.2) is 0 Å². The van der Waals surface area contributed by atoms with E-state index in [2.05, 4.69) is 5.32 Å².